The third-order valence-electron chi connectivity index (χ3n) is 5.28. The van der Waals surface area contributed by atoms with E-state index in [1.54, 1.807) is 0 Å². The zero-order valence-corrected chi connectivity index (χ0v) is 19.6. The molecular formula is C19H32IN7O. The first kappa shape index (κ1) is 22.7. The van der Waals surface area contributed by atoms with Crippen LogP contribution in [-0.2, 0) is 20.1 Å². The van der Waals surface area contributed by atoms with Crippen molar-refractivity contribution < 1.29 is 4.42 Å². The lowest BCUT2D eigenvalue weighted by molar-refractivity contribution is 0.164. The monoisotopic (exact) mass is 501 g/mol. The highest BCUT2D eigenvalue weighted by Gasteiger charge is 2.21. The summed E-state index contributed by atoms with van der Waals surface area (Å²) < 4.78 is 7.58. The molecule has 28 heavy (non-hydrogen) atoms. The number of aryl methyl sites for hydroxylation is 3. The van der Waals surface area contributed by atoms with E-state index >= 15 is 0 Å². The predicted molar refractivity (Wildman–Crippen MR) is 121 cm³/mol. The molecule has 3 heterocycles. The fourth-order valence-corrected chi connectivity index (χ4v) is 3.36. The lowest BCUT2D eigenvalue weighted by Crippen LogP contribution is -2.42. The molecule has 0 radical (unpaired) electrons. The molecule has 1 saturated heterocycles. The molecule has 0 aromatic carbocycles. The summed E-state index contributed by atoms with van der Waals surface area (Å²) in [4.78, 5) is 11.2. The molecule has 2 aromatic rings. The second-order valence-corrected chi connectivity index (χ2v) is 7.22. The van der Waals surface area contributed by atoms with E-state index in [9.17, 15) is 0 Å². The Hall–Kier alpha value is -1.62. The fraction of sp³-hybridized carbons (Fsp3) is 0.632. The molecule has 0 aliphatic carbocycles. The average Bonchev–Trinajstić information content (AvgIpc) is 3.21. The van der Waals surface area contributed by atoms with Crippen LogP contribution in [0.15, 0.2) is 21.7 Å². The third-order valence-corrected chi connectivity index (χ3v) is 5.28. The van der Waals surface area contributed by atoms with Crippen molar-refractivity contribution >= 4 is 29.9 Å². The quantitative estimate of drug-likeness (QED) is 0.359. The van der Waals surface area contributed by atoms with Crippen LogP contribution in [0.5, 0.6) is 0 Å². The molecule has 1 fully saturated rings. The number of piperidine rings is 1. The molecule has 0 amide bonds. The number of guanidine groups is 1. The van der Waals surface area contributed by atoms with Gasteiger partial charge in [-0.25, -0.2) is 4.98 Å². The Balaban J connectivity index is 0.00000280. The Bertz CT molecular complexity index is 743. The summed E-state index contributed by atoms with van der Waals surface area (Å²) >= 11 is 0. The van der Waals surface area contributed by atoms with Crippen LogP contribution in [0.25, 0.3) is 0 Å². The molecule has 8 nitrogen and oxygen atoms in total. The molecule has 2 aromatic heterocycles. The number of nitrogens with zero attached hydrogens (tertiary/aromatic N) is 5. The molecule has 9 heteroatoms. The molecule has 0 unspecified atom stereocenters. The van der Waals surface area contributed by atoms with E-state index in [1.807, 2.05) is 44.9 Å². The second kappa shape index (κ2) is 10.8. The van der Waals surface area contributed by atoms with Gasteiger partial charge >= 0.3 is 0 Å². The fourth-order valence-electron chi connectivity index (χ4n) is 3.36. The maximum atomic E-state index is 5.71. The number of nitrogens with one attached hydrogen (secondary N) is 2. The van der Waals surface area contributed by atoms with Gasteiger partial charge in [-0.2, -0.15) is 5.10 Å². The van der Waals surface area contributed by atoms with Crippen LogP contribution in [0, 0.1) is 19.8 Å². The van der Waals surface area contributed by atoms with Crippen molar-refractivity contribution in [3.8, 4) is 0 Å². The lowest BCUT2D eigenvalue weighted by atomic mass is 9.97. The number of oxazole rings is 1. The second-order valence-electron chi connectivity index (χ2n) is 7.22. The van der Waals surface area contributed by atoms with Gasteiger partial charge in [0.15, 0.2) is 5.96 Å². The van der Waals surface area contributed by atoms with E-state index in [0.717, 1.165) is 55.2 Å². The first-order chi connectivity index (χ1) is 13.0. The normalized spacial score (nSPS) is 16.1. The van der Waals surface area contributed by atoms with E-state index in [2.05, 4.69) is 30.6 Å². The SMILES string of the molecule is CN=C(NCc1ccnn1C)NCC1CCN(Cc2nc(C)c(C)o2)CC1.I. The van der Waals surface area contributed by atoms with E-state index in [4.69, 9.17) is 4.42 Å². The van der Waals surface area contributed by atoms with Crippen LogP contribution in [0.2, 0.25) is 0 Å². The topological polar surface area (TPSA) is 83.5 Å². The zero-order chi connectivity index (χ0) is 19.2. The van der Waals surface area contributed by atoms with Crippen molar-refractivity contribution in [3.05, 3.63) is 35.3 Å². The first-order valence-electron chi connectivity index (χ1n) is 9.61. The number of hydrogen-bond donors (Lipinski definition) is 2. The summed E-state index contributed by atoms with van der Waals surface area (Å²) in [6, 6.07) is 2.01. The molecule has 1 aliphatic heterocycles. The largest absolute Gasteiger partial charge is 0.444 e. The van der Waals surface area contributed by atoms with Gasteiger partial charge in [-0.1, -0.05) is 0 Å². The summed E-state index contributed by atoms with van der Waals surface area (Å²) in [5.74, 6) is 3.25. The molecule has 2 N–H and O–H groups in total. The van der Waals surface area contributed by atoms with Gasteiger partial charge in [0.2, 0.25) is 5.89 Å². The summed E-state index contributed by atoms with van der Waals surface area (Å²) in [6.07, 6.45) is 4.15. The van der Waals surface area contributed by atoms with Gasteiger partial charge in [-0.15, -0.1) is 24.0 Å². The Labute approximate surface area is 184 Å². The summed E-state index contributed by atoms with van der Waals surface area (Å²) in [6.45, 7) is 8.58. The van der Waals surface area contributed by atoms with Gasteiger partial charge in [-0.3, -0.25) is 14.6 Å². The predicted octanol–water partition coefficient (Wildman–Crippen LogP) is 2.22. The van der Waals surface area contributed by atoms with Crippen molar-refractivity contribution in [2.45, 2.75) is 39.8 Å². The summed E-state index contributed by atoms with van der Waals surface area (Å²) in [7, 11) is 3.75. The Morgan fingerprint density at radius 1 is 1.29 bits per heavy atom. The van der Waals surface area contributed by atoms with Crippen LogP contribution >= 0.6 is 24.0 Å². The first-order valence-corrected chi connectivity index (χ1v) is 9.61. The van der Waals surface area contributed by atoms with Crippen molar-refractivity contribution in [1.82, 2.24) is 30.3 Å². The molecule has 0 atom stereocenters. The summed E-state index contributed by atoms with van der Waals surface area (Å²) in [5, 5.41) is 11.0. The molecule has 1 aliphatic rings. The van der Waals surface area contributed by atoms with E-state index in [1.165, 1.54) is 12.8 Å². The van der Waals surface area contributed by atoms with Crippen molar-refractivity contribution in [2.24, 2.45) is 18.0 Å². The van der Waals surface area contributed by atoms with Crippen molar-refractivity contribution in [3.63, 3.8) is 0 Å². The number of hydrogen-bond acceptors (Lipinski definition) is 5. The highest BCUT2D eigenvalue weighted by Crippen LogP contribution is 2.19. The molecule has 156 valence electrons. The number of aromatic nitrogens is 3. The van der Waals surface area contributed by atoms with Crippen molar-refractivity contribution in [1.29, 1.82) is 0 Å². The van der Waals surface area contributed by atoms with Gasteiger partial charge in [0.1, 0.15) is 5.76 Å². The van der Waals surface area contributed by atoms with Crippen LogP contribution in [0.3, 0.4) is 0 Å². The Kier molecular flexibility index (Phi) is 8.74. The number of likely N-dealkylation sites (tertiary alicyclic amines) is 1. The molecule has 0 bridgehead atoms. The molecule has 3 rings (SSSR count). The number of rotatable bonds is 6. The van der Waals surface area contributed by atoms with Crippen LogP contribution in [0.4, 0.5) is 0 Å². The standard InChI is InChI=1S/C19H31N7O.HI/c1-14-15(2)27-18(24-14)13-26-9-6-16(7-10-26)11-21-19(20-3)22-12-17-5-8-23-25(17)4;/h5,8,16H,6-7,9-13H2,1-4H3,(H2,20,21,22);1H. The zero-order valence-electron chi connectivity index (χ0n) is 17.2. The Morgan fingerprint density at radius 2 is 2.04 bits per heavy atom. The van der Waals surface area contributed by atoms with Gasteiger partial charge in [0.25, 0.3) is 0 Å². The minimum absolute atomic E-state index is 0. The lowest BCUT2D eigenvalue weighted by Gasteiger charge is -2.31. The van der Waals surface area contributed by atoms with Gasteiger partial charge in [-0.05, 0) is 51.8 Å². The smallest absolute Gasteiger partial charge is 0.208 e. The third kappa shape index (κ3) is 6.20. The number of aliphatic imine (C=N–C) groups is 1. The van der Waals surface area contributed by atoms with Gasteiger partial charge < -0.3 is 15.1 Å². The minimum atomic E-state index is 0. The van der Waals surface area contributed by atoms with Crippen LogP contribution in [0.1, 0.15) is 35.9 Å². The van der Waals surface area contributed by atoms with Gasteiger partial charge in [0.05, 0.1) is 24.5 Å². The average molecular weight is 501 g/mol. The van der Waals surface area contributed by atoms with Crippen LogP contribution in [-0.4, -0.2) is 52.3 Å². The highest BCUT2D eigenvalue weighted by atomic mass is 127. The highest BCUT2D eigenvalue weighted by molar-refractivity contribution is 14.0. The maximum Gasteiger partial charge on any atom is 0.208 e. The number of halogens is 1. The summed E-state index contributed by atoms with van der Waals surface area (Å²) in [5.41, 5.74) is 2.12. The van der Waals surface area contributed by atoms with Crippen LogP contribution < -0.4 is 10.6 Å². The van der Waals surface area contributed by atoms with Gasteiger partial charge in [0, 0.05) is 26.8 Å². The van der Waals surface area contributed by atoms with E-state index < -0.39 is 0 Å². The van der Waals surface area contributed by atoms with E-state index in [0.29, 0.717) is 12.5 Å². The molecular weight excluding hydrogens is 469 g/mol. The molecule has 0 spiro atoms. The molecule has 0 saturated carbocycles. The Morgan fingerprint density at radius 3 is 2.61 bits per heavy atom. The maximum absolute atomic E-state index is 5.71. The van der Waals surface area contributed by atoms with E-state index in [-0.39, 0.29) is 24.0 Å². The van der Waals surface area contributed by atoms with Crippen molar-refractivity contribution in [2.75, 3.05) is 26.7 Å². The minimum Gasteiger partial charge on any atom is -0.444 e.